The molecule has 0 aliphatic carbocycles. The van der Waals surface area contributed by atoms with E-state index in [1.54, 1.807) is 0 Å². The zero-order chi connectivity index (χ0) is 5.58. The summed E-state index contributed by atoms with van der Waals surface area (Å²) in [5.74, 6) is 0. The van der Waals surface area contributed by atoms with E-state index >= 15 is 0 Å². The summed E-state index contributed by atoms with van der Waals surface area (Å²) in [4.78, 5) is 7.09. The van der Waals surface area contributed by atoms with Crippen LogP contribution in [0.3, 0.4) is 0 Å². The first-order valence-electron chi connectivity index (χ1n) is 1.72. The van der Waals surface area contributed by atoms with Gasteiger partial charge in [0.1, 0.15) is 0 Å². The summed E-state index contributed by atoms with van der Waals surface area (Å²) in [6.07, 6.45) is 0. The van der Waals surface area contributed by atoms with Crippen molar-refractivity contribution in [2.24, 2.45) is 0 Å². The first kappa shape index (κ1) is 40.3. The van der Waals surface area contributed by atoms with Gasteiger partial charge < -0.3 is 19.3 Å². The first-order valence-corrected chi connectivity index (χ1v) is 10.3. The molecule has 0 spiro atoms. The van der Waals surface area contributed by atoms with Crippen molar-refractivity contribution < 1.29 is 54.8 Å². The van der Waals surface area contributed by atoms with Crippen molar-refractivity contribution >= 4 is 19.8 Å². The number of hydrogen-bond donors (Lipinski definition) is 0. The van der Waals surface area contributed by atoms with Crippen LogP contribution in [0.15, 0.2) is 0 Å². The molecule has 0 saturated heterocycles. The van der Waals surface area contributed by atoms with Crippen molar-refractivity contribution in [3.8, 4) is 0 Å². The Morgan fingerprint density at radius 1 is 1.00 bits per heavy atom. The van der Waals surface area contributed by atoms with Gasteiger partial charge in [-0.2, -0.15) is 0 Å². The molecule has 5 heteroatoms. The summed E-state index contributed by atoms with van der Waals surface area (Å²) in [5.41, 5.74) is 0. The predicted octanol–water partition coefficient (Wildman–Crippen LogP) is -4.08. The average Bonchev–Trinajstić information content (AvgIpc) is 1.41. The molecule has 0 bridgehead atoms. The van der Waals surface area contributed by atoms with Crippen molar-refractivity contribution in [2.75, 3.05) is 0 Å². The van der Waals surface area contributed by atoms with Crippen LogP contribution in [0.5, 0.6) is 0 Å². The summed E-state index contributed by atoms with van der Waals surface area (Å²) in [5, 5.41) is 6.25. The molecule has 0 aliphatic rings. The summed E-state index contributed by atoms with van der Waals surface area (Å²) in [6, 6.07) is 0. The Balaban J connectivity index is -0.00000000625. The van der Waals surface area contributed by atoms with Gasteiger partial charge >= 0.3 is 72.3 Å². The Morgan fingerprint density at radius 3 is 1.00 bits per heavy atom. The molecular weight excluding hydrogens is 270 g/mol. The maximum Gasteiger partial charge on any atom is 1.00 e. The Hall–Kier alpha value is 2.00. The van der Waals surface area contributed by atoms with Gasteiger partial charge in [0.25, 0.3) is 0 Å². The normalized spacial score (nSPS) is 3.80. The second-order valence-electron chi connectivity index (χ2n) is 1.50. The van der Waals surface area contributed by atoms with Gasteiger partial charge in [-0.1, -0.05) is 0 Å². The fourth-order valence-electron chi connectivity index (χ4n) is 0. The molecule has 0 aromatic heterocycles. The van der Waals surface area contributed by atoms with Gasteiger partial charge in [0.2, 0.25) is 0 Å². The van der Waals surface area contributed by atoms with E-state index in [4.69, 9.17) is 11.8 Å². The van der Waals surface area contributed by atoms with Crippen LogP contribution in [0, 0.1) is 19.3 Å². The summed E-state index contributed by atoms with van der Waals surface area (Å²) < 4.78 is 0. The van der Waals surface area contributed by atoms with E-state index in [2.05, 4.69) is 14.8 Å². The maximum atomic E-state index is 6.25. The van der Waals surface area contributed by atoms with Gasteiger partial charge in [-0.3, -0.25) is 0 Å². The molecule has 0 heterocycles. The van der Waals surface area contributed by atoms with Gasteiger partial charge in [-0.15, -0.1) is 0 Å². The quantitative estimate of drug-likeness (QED) is 0.327. The van der Waals surface area contributed by atoms with Crippen LogP contribution in [0.1, 0.15) is 0 Å². The van der Waals surface area contributed by atoms with Gasteiger partial charge in [-0.25, -0.2) is 0 Å². The van der Waals surface area contributed by atoms with E-state index in [-0.39, 0.29) is 62.2 Å². The van der Waals surface area contributed by atoms with Crippen molar-refractivity contribution in [3.63, 3.8) is 0 Å². The smallest absolute Gasteiger partial charge is 0 e. The minimum Gasteiger partial charge on any atom is 0 e. The molecule has 0 aromatic carbocycles. The van der Waals surface area contributed by atoms with Crippen molar-refractivity contribution in [3.05, 3.63) is 14.0 Å². The van der Waals surface area contributed by atoms with Crippen LogP contribution in [-0.2, 0) is 17.1 Å². The van der Waals surface area contributed by atoms with E-state index in [9.17, 15) is 0 Å². The topological polar surface area (TPSA) is 23.8 Å². The van der Waals surface area contributed by atoms with Crippen molar-refractivity contribution in [1.82, 2.24) is 0 Å². The molecule has 0 saturated carbocycles. The molecule has 1 nitrogen and oxygen atoms in total. The van der Waals surface area contributed by atoms with Gasteiger partial charge in [0.15, 0.2) is 0 Å². The maximum absolute atomic E-state index is 6.25. The predicted molar refractivity (Wildman–Crippen MR) is 34.7 cm³/mol. The van der Waals surface area contributed by atoms with Gasteiger partial charge in [0, 0.05) is 17.1 Å². The molecule has 54 valence electrons. The van der Waals surface area contributed by atoms with Crippen molar-refractivity contribution in [1.29, 1.82) is 5.26 Å². The molecular formula is C5H12CuLi2NSn. The number of nitrogens with zero attached hydrogens (tertiary/aromatic N) is 1. The molecule has 0 unspecified atom stereocenters. The third-order valence-corrected chi connectivity index (χ3v) is 0. The standard InChI is InChI=1S/CN.4CH3.Cu.2Li.Sn/c1-2;;;;;;;;/h;4*1H3;;;;/q-1;;;;-1;;2*+1;. The largest absolute Gasteiger partial charge is 1.00 e. The monoisotopic (exact) mass is 283 g/mol. The molecule has 0 N–H and O–H groups in total. The summed E-state index contributed by atoms with van der Waals surface area (Å²) >= 11 is -0.543. The third kappa shape index (κ3) is 202. The van der Waals surface area contributed by atoms with E-state index < -0.39 is 19.8 Å². The number of hydrogen-bond acceptors (Lipinski definition) is 1. The van der Waals surface area contributed by atoms with Crippen LogP contribution in [0.4, 0.5) is 0 Å². The molecule has 0 rings (SSSR count). The summed E-state index contributed by atoms with van der Waals surface area (Å²) in [7, 11) is 0. The Bertz CT molecular complexity index is 41.1. The Kier molecular flexibility index (Phi) is 177. The van der Waals surface area contributed by atoms with Gasteiger partial charge in [-0.05, 0) is 0 Å². The molecule has 2 radical (unpaired) electrons. The second kappa shape index (κ2) is 44.0. The summed E-state index contributed by atoms with van der Waals surface area (Å²) in [6.45, 7) is 4.75. The molecule has 0 fully saturated rings. The van der Waals surface area contributed by atoms with E-state index in [1.807, 2.05) is 0 Å². The first-order chi connectivity index (χ1) is 2.73. The second-order valence-corrected chi connectivity index (χ2v) is 10.1. The number of rotatable bonds is 0. The van der Waals surface area contributed by atoms with E-state index in [1.165, 1.54) is 0 Å². The van der Waals surface area contributed by atoms with Gasteiger partial charge in [0.05, 0.1) is 0 Å². The molecule has 10 heavy (non-hydrogen) atoms. The minimum atomic E-state index is -0.543. The van der Waals surface area contributed by atoms with Crippen LogP contribution < -0.4 is 37.7 Å². The SMILES string of the molecule is [C-]#N.[CH3-].[CH3][Sn]([CH3])[CH3].[Cu].[Li+].[Li+]. The van der Waals surface area contributed by atoms with Crippen LogP contribution in [-0.4, -0.2) is 19.8 Å². The van der Waals surface area contributed by atoms with E-state index in [0.717, 1.165) is 0 Å². The average molecular weight is 282 g/mol. The van der Waals surface area contributed by atoms with Crippen molar-refractivity contribution in [2.45, 2.75) is 14.8 Å². The minimum absolute atomic E-state index is 0. The molecule has 0 amide bonds. The zero-order valence-corrected chi connectivity index (χ0v) is 11.5. The third-order valence-electron chi connectivity index (χ3n) is 0. The molecule has 0 atom stereocenters. The van der Waals surface area contributed by atoms with Crippen LogP contribution >= 0.6 is 0 Å². The van der Waals surface area contributed by atoms with Crippen LogP contribution in [0.25, 0.3) is 0 Å². The molecule has 0 aromatic rings. The van der Waals surface area contributed by atoms with E-state index in [0.29, 0.717) is 0 Å². The van der Waals surface area contributed by atoms with Crippen LogP contribution in [0.2, 0.25) is 14.8 Å². The fourth-order valence-corrected chi connectivity index (χ4v) is 0. The fraction of sp³-hybridized carbons (Fsp3) is 0.600. The molecule has 0 aliphatic heterocycles. The Morgan fingerprint density at radius 2 is 1.00 bits per heavy atom. The Labute approximate surface area is 107 Å². The zero-order valence-electron chi connectivity index (χ0n) is 7.75.